The number of carbonyl (C=O) groups is 4. The number of nitrogens with zero attached hydrogens (tertiary/aromatic N) is 2. The van der Waals surface area contributed by atoms with Gasteiger partial charge in [-0.25, -0.2) is 4.39 Å². The van der Waals surface area contributed by atoms with Gasteiger partial charge in [0, 0.05) is 21.3 Å². The summed E-state index contributed by atoms with van der Waals surface area (Å²) in [5.41, 5.74) is 7.16. The van der Waals surface area contributed by atoms with Gasteiger partial charge >= 0.3 is 5.97 Å². The van der Waals surface area contributed by atoms with E-state index in [0.29, 0.717) is 22.1 Å². The molecule has 3 aromatic carbocycles. The smallest absolute Gasteiger partial charge is 0.323 e. The molecule has 1 heterocycles. The van der Waals surface area contributed by atoms with Crippen molar-refractivity contribution in [3.05, 3.63) is 93.7 Å². The quantitative estimate of drug-likeness (QED) is 0.354. The number of halogens is 2. The van der Waals surface area contributed by atoms with Gasteiger partial charge < -0.3 is 16.2 Å². The number of hydrogen-bond donors (Lipinski definition) is 3. The highest BCUT2D eigenvalue weighted by Crippen LogP contribution is 2.26. The number of carboxylic acids is 1. The van der Waals surface area contributed by atoms with Crippen LogP contribution in [-0.2, 0) is 16.0 Å². The number of nitrogens with two attached hydrogens (primary N) is 1. The van der Waals surface area contributed by atoms with Crippen molar-refractivity contribution in [2.24, 2.45) is 10.7 Å². The molecule has 4 N–H and O–H groups in total. The number of aliphatic carboxylic acids is 1. The van der Waals surface area contributed by atoms with Crippen LogP contribution in [0.15, 0.2) is 76.2 Å². The molecule has 0 aromatic heterocycles. The Morgan fingerprint density at radius 3 is 2.29 bits per heavy atom. The van der Waals surface area contributed by atoms with Crippen molar-refractivity contribution in [3.8, 4) is 0 Å². The first-order valence-corrected chi connectivity index (χ1v) is 12.8. The summed E-state index contributed by atoms with van der Waals surface area (Å²) in [6.45, 7) is -0.736. The van der Waals surface area contributed by atoms with Crippen LogP contribution in [0.5, 0.6) is 0 Å². The first-order valence-electron chi connectivity index (χ1n) is 11.1. The normalized spacial score (nSPS) is 14.6. The molecule has 194 valence electrons. The van der Waals surface area contributed by atoms with E-state index in [1.165, 1.54) is 48.2 Å². The molecule has 3 amide bonds. The van der Waals surface area contributed by atoms with E-state index in [2.05, 4.69) is 26.2 Å². The Hall–Kier alpha value is -4.03. The average molecular weight is 599 g/mol. The third kappa shape index (κ3) is 6.45. The summed E-state index contributed by atoms with van der Waals surface area (Å²) < 4.78 is 14.9. The molecule has 0 fully saturated rings. The Morgan fingerprint density at radius 1 is 1.05 bits per heavy atom. The van der Waals surface area contributed by atoms with Crippen LogP contribution in [0, 0.1) is 5.82 Å². The van der Waals surface area contributed by atoms with Crippen molar-refractivity contribution in [2.75, 3.05) is 16.8 Å². The second-order valence-corrected chi connectivity index (χ2v) is 10.3. The van der Waals surface area contributed by atoms with Gasteiger partial charge in [0.05, 0.1) is 10.9 Å². The summed E-state index contributed by atoms with van der Waals surface area (Å²) in [5.74, 6) is -3.44. The van der Waals surface area contributed by atoms with E-state index in [-0.39, 0.29) is 33.5 Å². The zero-order chi connectivity index (χ0) is 27.4. The molecule has 0 bridgehead atoms. The maximum absolute atomic E-state index is 14.5. The zero-order valence-corrected chi connectivity index (χ0v) is 22.0. The van der Waals surface area contributed by atoms with Crippen molar-refractivity contribution in [2.45, 2.75) is 11.7 Å². The predicted octanol–water partition coefficient (Wildman–Crippen LogP) is 4.07. The highest BCUT2D eigenvalue weighted by Gasteiger charge is 2.27. The predicted molar refractivity (Wildman–Crippen MR) is 146 cm³/mol. The third-order valence-electron chi connectivity index (χ3n) is 5.52. The lowest BCUT2D eigenvalue weighted by atomic mass is 10.1. The number of carbonyl (C=O) groups excluding carboxylic acids is 3. The molecule has 38 heavy (non-hydrogen) atoms. The Balaban J connectivity index is 1.42. The number of amides is 3. The topological polar surface area (TPSA) is 142 Å². The number of thioether (sulfide) groups is 1. The fourth-order valence-electron chi connectivity index (χ4n) is 3.70. The van der Waals surface area contributed by atoms with E-state index in [0.717, 1.165) is 16.5 Å². The monoisotopic (exact) mass is 598 g/mol. The molecule has 0 aliphatic carbocycles. The first-order chi connectivity index (χ1) is 18.1. The second kappa shape index (κ2) is 11.6. The van der Waals surface area contributed by atoms with Gasteiger partial charge in [-0.05, 0) is 66.6 Å². The average Bonchev–Trinajstić information content (AvgIpc) is 3.19. The molecule has 0 saturated carbocycles. The van der Waals surface area contributed by atoms with Gasteiger partial charge in [0.25, 0.3) is 17.7 Å². The number of anilines is 2. The van der Waals surface area contributed by atoms with Gasteiger partial charge in [0.15, 0.2) is 5.17 Å². The van der Waals surface area contributed by atoms with Crippen molar-refractivity contribution in [1.29, 1.82) is 0 Å². The van der Waals surface area contributed by atoms with Gasteiger partial charge in [0.1, 0.15) is 12.4 Å². The highest BCUT2D eigenvalue weighted by atomic mass is 79.9. The third-order valence-corrected chi connectivity index (χ3v) is 7.00. The molecule has 4 rings (SSSR count). The number of carboxylic acid groups (broad SMARTS) is 1. The minimum absolute atomic E-state index is 0.111. The van der Waals surface area contributed by atoms with Crippen LogP contribution in [0.25, 0.3) is 0 Å². The fourth-order valence-corrected chi connectivity index (χ4v) is 4.89. The molecule has 12 heteroatoms. The van der Waals surface area contributed by atoms with E-state index in [1.807, 2.05) is 0 Å². The highest BCUT2D eigenvalue weighted by molar-refractivity contribution is 9.10. The molecule has 9 nitrogen and oxygen atoms in total. The molecule has 3 aromatic rings. The lowest BCUT2D eigenvalue weighted by Gasteiger charge is -2.22. The standard InChI is InChI=1S/C26H20BrFN4O5S/c27-17-7-10-20(19(28)12-17)32(13-22(33)34)25(37)16-5-8-18(9-6-16)30-23(35)15-3-1-14(2-4-15)11-21-24(36)31-26(29)38-21/h1-10,12,21H,11,13H2,(H,30,35)(H,33,34)(H2,29,31,36). The van der Waals surface area contributed by atoms with Crippen LogP contribution in [0.2, 0.25) is 0 Å². The fraction of sp³-hybridized carbons (Fsp3) is 0.115. The summed E-state index contributed by atoms with van der Waals surface area (Å²) in [5, 5.41) is 11.8. The van der Waals surface area contributed by atoms with Gasteiger partial charge in [-0.1, -0.05) is 39.8 Å². The maximum atomic E-state index is 14.5. The van der Waals surface area contributed by atoms with Crippen LogP contribution in [0.3, 0.4) is 0 Å². The number of aliphatic imine (C=N–C) groups is 1. The van der Waals surface area contributed by atoms with Crippen molar-refractivity contribution in [3.63, 3.8) is 0 Å². The molecule has 0 radical (unpaired) electrons. The summed E-state index contributed by atoms with van der Waals surface area (Å²) in [6.07, 6.45) is 0.439. The molecular weight excluding hydrogens is 579 g/mol. The van der Waals surface area contributed by atoms with Crippen molar-refractivity contribution in [1.82, 2.24) is 0 Å². The molecular formula is C26H20BrFN4O5S. The number of nitrogens with one attached hydrogen (secondary N) is 1. The number of benzene rings is 3. The van der Waals surface area contributed by atoms with Crippen LogP contribution < -0.4 is 16.0 Å². The van der Waals surface area contributed by atoms with E-state index in [1.54, 1.807) is 24.3 Å². The van der Waals surface area contributed by atoms with E-state index in [9.17, 15) is 28.7 Å². The molecule has 1 aliphatic heterocycles. The number of hydrogen-bond acceptors (Lipinski definition) is 6. The molecule has 0 spiro atoms. The van der Waals surface area contributed by atoms with Crippen LogP contribution in [0.1, 0.15) is 26.3 Å². The van der Waals surface area contributed by atoms with Crippen LogP contribution in [0.4, 0.5) is 15.8 Å². The van der Waals surface area contributed by atoms with Gasteiger partial charge in [-0.3, -0.25) is 24.1 Å². The first kappa shape index (κ1) is 27.0. The molecule has 1 aliphatic rings. The summed E-state index contributed by atoms with van der Waals surface area (Å²) in [6, 6.07) is 16.5. The lowest BCUT2D eigenvalue weighted by Crippen LogP contribution is -2.36. The SMILES string of the molecule is NC1=NC(=O)C(Cc2ccc(C(=O)Nc3ccc(C(=O)N(CC(=O)O)c4ccc(Br)cc4F)cc3)cc2)S1. The van der Waals surface area contributed by atoms with E-state index >= 15 is 0 Å². The summed E-state index contributed by atoms with van der Waals surface area (Å²) in [7, 11) is 0. The molecule has 1 atom stereocenters. The Bertz CT molecular complexity index is 1450. The summed E-state index contributed by atoms with van der Waals surface area (Å²) in [4.78, 5) is 53.4. The minimum Gasteiger partial charge on any atom is -0.480 e. The maximum Gasteiger partial charge on any atom is 0.323 e. The van der Waals surface area contributed by atoms with E-state index in [4.69, 9.17) is 5.73 Å². The van der Waals surface area contributed by atoms with Crippen LogP contribution in [-0.4, -0.2) is 45.8 Å². The van der Waals surface area contributed by atoms with Gasteiger partial charge in [0.2, 0.25) is 0 Å². The lowest BCUT2D eigenvalue weighted by molar-refractivity contribution is -0.135. The Morgan fingerprint density at radius 2 is 1.71 bits per heavy atom. The van der Waals surface area contributed by atoms with Crippen molar-refractivity contribution < 1.29 is 28.7 Å². The van der Waals surface area contributed by atoms with Crippen LogP contribution >= 0.6 is 27.7 Å². The van der Waals surface area contributed by atoms with Gasteiger partial charge in [-0.15, -0.1) is 0 Å². The van der Waals surface area contributed by atoms with Crippen molar-refractivity contribution >= 4 is 67.9 Å². The molecule has 1 unspecified atom stereocenters. The van der Waals surface area contributed by atoms with E-state index < -0.39 is 24.2 Å². The largest absolute Gasteiger partial charge is 0.480 e. The number of amidine groups is 1. The second-order valence-electron chi connectivity index (χ2n) is 8.21. The summed E-state index contributed by atoms with van der Waals surface area (Å²) >= 11 is 4.34. The Kier molecular flexibility index (Phi) is 8.23. The Labute approximate surface area is 229 Å². The minimum atomic E-state index is -1.30. The molecule has 0 saturated heterocycles. The number of rotatable bonds is 8. The van der Waals surface area contributed by atoms with Gasteiger partial charge in [-0.2, -0.15) is 4.99 Å². The zero-order valence-electron chi connectivity index (χ0n) is 19.6.